The molecule has 0 aromatic carbocycles. The van der Waals surface area contributed by atoms with E-state index in [2.05, 4.69) is 0 Å². The van der Waals surface area contributed by atoms with E-state index in [9.17, 15) is 4.79 Å². The van der Waals surface area contributed by atoms with Gasteiger partial charge in [-0.05, 0) is 19.4 Å². The molecule has 0 aliphatic carbocycles. The first kappa shape index (κ1) is 11.2. The predicted molar refractivity (Wildman–Crippen MR) is 46.6 cm³/mol. The van der Waals surface area contributed by atoms with Gasteiger partial charge in [0.15, 0.2) is 18.8 Å². The highest BCUT2D eigenvalue weighted by Gasteiger charge is 1.93. The molecule has 0 aromatic rings. The van der Waals surface area contributed by atoms with Gasteiger partial charge >= 0.3 is 0 Å². The number of hydrogen-bond acceptors (Lipinski definition) is 3. The molecular formula is C9H16O3. The summed E-state index contributed by atoms with van der Waals surface area (Å²) in [6.07, 6.45) is 4.34. The first-order chi connectivity index (χ1) is 5.85. The number of aldehydes is 1. The molecule has 0 fully saturated rings. The summed E-state index contributed by atoms with van der Waals surface area (Å²) < 4.78 is 9.93. The maximum atomic E-state index is 10.4. The topological polar surface area (TPSA) is 35.5 Å². The third-order valence-electron chi connectivity index (χ3n) is 1.26. The van der Waals surface area contributed by atoms with Crippen LogP contribution in [0.25, 0.3) is 0 Å². The summed E-state index contributed by atoms with van der Waals surface area (Å²) in [6, 6.07) is 0. The zero-order valence-corrected chi connectivity index (χ0v) is 7.71. The highest BCUT2D eigenvalue weighted by molar-refractivity contribution is 5.69. The Morgan fingerprint density at radius 2 is 2.17 bits per heavy atom. The standard InChI is InChI=1S/C9H16O3/c1-3-5-6-9(7-10)12-8-11-4-2/h6-7H,3-5,8H2,1-2H3/b9-6+. The Labute approximate surface area is 73.4 Å². The number of carbonyl (C=O) groups is 1. The maximum absolute atomic E-state index is 10.4. The van der Waals surface area contributed by atoms with Crippen LogP contribution in [-0.2, 0) is 14.3 Å². The van der Waals surface area contributed by atoms with E-state index in [1.54, 1.807) is 6.08 Å². The van der Waals surface area contributed by atoms with Gasteiger partial charge in [-0.15, -0.1) is 0 Å². The average Bonchev–Trinajstić information content (AvgIpc) is 2.11. The summed E-state index contributed by atoms with van der Waals surface area (Å²) >= 11 is 0. The van der Waals surface area contributed by atoms with E-state index in [-0.39, 0.29) is 6.79 Å². The molecule has 0 bridgehead atoms. The molecule has 0 heterocycles. The monoisotopic (exact) mass is 172 g/mol. The van der Waals surface area contributed by atoms with Crippen LogP contribution < -0.4 is 0 Å². The minimum Gasteiger partial charge on any atom is -0.464 e. The summed E-state index contributed by atoms with van der Waals surface area (Å²) in [5.74, 6) is 0.366. The van der Waals surface area contributed by atoms with E-state index in [0.717, 1.165) is 12.8 Å². The highest BCUT2D eigenvalue weighted by atomic mass is 16.7. The molecule has 0 amide bonds. The molecule has 0 saturated heterocycles. The molecule has 0 N–H and O–H groups in total. The van der Waals surface area contributed by atoms with Gasteiger partial charge in [-0.2, -0.15) is 0 Å². The number of hydrogen-bond donors (Lipinski definition) is 0. The molecule has 3 nitrogen and oxygen atoms in total. The van der Waals surface area contributed by atoms with Gasteiger partial charge in [0, 0.05) is 6.61 Å². The van der Waals surface area contributed by atoms with Crippen LogP contribution in [-0.4, -0.2) is 19.7 Å². The average molecular weight is 172 g/mol. The van der Waals surface area contributed by atoms with E-state index >= 15 is 0 Å². The molecule has 0 radical (unpaired) electrons. The molecule has 3 heteroatoms. The molecule has 0 aromatic heterocycles. The van der Waals surface area contributed by atoms with Gasteiger partial charge in [0.05, 0.1) is 0 Å². The van der Waals surface area contributed by atoms with Crippen molar-refractivity contribution in [3.8, 4) is 0 Å². The van der Waals surface area contributed by atoms with Crippen LogP contribution in [0, 0.1) is 0 Å². The third-order valence-corrected chi connectivity index (χ3v) is 1.26. The molecule has 70 valence electrons. The molecule has 0 spiro atoms. The number of allylic oxidation sites excluding steroid dienone is 2. The van der Waals surface area contributed by atoms with Gasteiger partial charge in [-0.25, -0.2) is 0 Å². The van der Waals surface area contributed by atoms with Crippen molar-refractivity contribution < 1.29 is 14.3 Å². The van der Waals surface area contributed by atoms with Gasteiger partial charge in [0.2, 0.25) is 0 Å². The molecular weight excluding hydrogens is 156 g/mol. The summed E-state index contributed by atoms with van der Waals surface area (Å²) in [5.41, 5.74) is 0. The van der Waals surface area contributed by atoms with E-state index in [1.165, 1.54) is 0 Å². The van der Waals surface area contributed by atoms with Gasteiger partial charge in [-0.1, -0.05) is 13.3 Å². The van der Waals surface area contributed by atoms with Crippen LogP contribution in [0.3, 0.4) is 0 Å². The van der Waals surface area contributed by atoms with E-state index in [1.807, 2.05) is 13.8 Å². The Hall–Kier alpha value is -0.830. The fraction of sp³-hybridized carbons (Fsp3) is 0.667. The van der Waals surface area contributed by atoms with Crippen LogP contribution in [0.15, 0.2) is 11.8 Å². The van der Waals surface area contributed by atoms with Crippen molar-refractivity contribution in [2.45, 2.75) is 26.7 Å². The second kappa shape index (κ2) is 8.27. The van der Waals surface area contributed by atoms with Gasteiger partial charge < -0.3 is 9.47 Å². The maximum Gasteiger partial charge on any atom is 0.189 e. The Bertz CT molecular complexity index is 141. The van der Waals surface area contributed by atoms with Crippen molar-refractivity contribution in [1.29, 1.82) is 0 Å². The first-order valence-electron chi connectivity index (χ1n) is 4.21. The minimum absolute atomic E-state index is 0.158. The lowest BCUT2D eigenvalue weighted by Gasteiger charge is -2.03. The smallest absolute Gasteiger partial charge is 0.189 e. The molecule has 0 aliphatic rings. The van der Waals surface area contributed by atoms with Crippen LogP contribution >= 0.6 is 0 Å². The second-order valence-electron chi connectivity index (χ2n) is 2.27. The van der Waals surface area contributed by atoms with Crippen LogP contribution in [0.5, 0.6) is 0 Å². The lowest BCUT2D eigenvalue weighted by Crippen LogP contribution is -2.00. The molecule has 0 atom stereocenters. The lowest BCUT2D eigenvalue weighted by atomic mass is 10.3. The molecule has 0 unspecified atom stereocenters. The quantitative estimate of drug-likeness (QED) is 0.193. The van der Waals surface area contributed by atoms with Crippen molar-refractivity contribution in [3.05, 3.63) is 11.8 Å². The van der Waals surface area contributed by atoms with Crippen molar-refractivity contribution in [2.75, 3.05) is 13.4 Å². The number of carbonyl (C=O) groups excluding carboxylic acids is 1. The number of ether oxygens (including phenoxy) is 2. The Morgan fingerprint density at radius 3 is 2.67 bits per heavy atom. The number of unbranched alkanes of at least 4 members (excludes halogenated alkanes) is 1. The van der Waals surface area contributed by atoms with Crippen LogP contribution in [0.1, 0.15) is 26.7 Å². The second-order valence-corrected chi connectivity index (χ2v) is 2.27. The van der Waals surface area contributed by atoms with E-state index in [0.29, 0.717) is 18.7 Å². The third kappa shape index (κ3) is 5.92. The SMILES string of the molecule is CCC/C=C(\C=O)OCOCC. The molecule has 0 rings (SSSR count). The van der Waals surface area contributed by atoms with Crippen LogP contribution in [0.4, 0.5) is 0 Å². The van der Waals surface area contributed by atoms with Crippen LogP contribution in [0.2, 0.25) is 0 Å². The summed E-state index contributed by atoms with van der Waals surface area (Å²) in [4.78, 5) is 10.4. The van der Waals surface area contributed by atoms with E-state index < -0.39 is 0 Å². The van der Waals surface area contributed by atoms with E-state index in [4.69, 9.17) is 9.47 Å². The summed E-state index contributed by atoms with van der Waals surface area (Å²) in [5, 5.41) is 0. The van der Waals surface area contributed by atoms with Gasteiger partial charge in [-0.3, -0.25) is 4.79 Å². The van der Waals surface area contributed by atoms with Crippen molar-refractivity contribution in [1.82, 2.24) is 0 Å². The fourth-order valence-corrected chi connectivity index (χ4v) is 0.621. The van der Waals surface area contributed by atoms with Crippen molar-refractivity contribution in [2.24, 2.45) is 0 Å². The fourth-order valence-electron chi connectivity index (χ4n) is 0.621. The Morgan fingerprint density at radius 1 is 1.42 bits per heavy atom. The highest BCUT2D eigenvalue weighted by Crippen LogP contribution is 1.98. The number of rotatable bonds is 7. The zero-order valence-electron chi connectivity index (χ0n) is 7.71. The van der Waals surface area contributed by atoms with Gasteiger partial charge in [0.25, 0.3) is 0 Å². The van der Waals surface area contributed by atoms with Crippen molar-refractivity contribution in [3.63, 3.8) is 0 Å². The largest absolute Gasteiger partial charge is 0.464 e. The summed E-state index contributed by atoms with van der Waals surface area (Å²) in [6.45, 7) is 4.67. The summed E-state index contributed by atoms with van der Waals surface area (Å²) in [7, 11) is 0. The van der Waals surface area contributed by atoms with Crippen molar-refractivity contribution >= 4 is 6.29 Å². The minimum atomic E-state index is 0.158. The normalized spacial score (nSPS) is 11.3. The first-order valence-corrected chi connectivity index (χ1v) is 4.21. The molecule has 0 saturated carbocycles. The Balaban J connectivity index is 3.59. The van der Waals surface area contributed by atoms with Gasteiger partial charge in [0.1, 0.15) is 0 Å². The lowest BCUT2D eigenvalue weighted by molar-refractivity contribution is -0.110. The zero-order chi connectivity index (χ0) is 9.23. The Kier molecular flexibility index (Phi) is 7.70. The molecule has 12 heavy (non-hydrogen) atoms. The predicted octanol–water partition coefficient (Wildman–Crippen LogP) is 1.88. The molecule has 0 aliphatic heterocycles.